The van der Waals surface area contributed by atoms with Gasteiger partial charge in [-0.25, -0.2) is 0 Å². The van der Waals surface area contributed by atoms with Crippen molar-refractivity contribution in [1.29, 1.82) is 0 Å². The monoisotopic (exact) mass is 337 g/mol. The summed E-state index contributed by atoms with van der Waals surface area (Å²) in [5.74, 6) is 0.900. The van der Waals surface area contributed by atoms with Gasteiger partial charge >= 0.3 is 0 Å². The predicted molar refractivity (Wildman–Crippen MR) is 83.8 cm³/mol. The van der Waals surface area contributed by atoms with Gasteiger partial charge in [-0.3, -0.25) is 4.68 Å². The molecule has 0 spiro atoms. The average Bonchev–Trinajstić information content (AvgIpc) is 2.82. The molecule has 0 amide bonds. The highest BCUT2D eigenvalue weighted by molar-refractivity contribution is 9.10. The number of rotatable bonds is 6. The van der Waals surface area contributed by atoms with E-state index in [1.54, 1.807) is 4.68 Å². The van der Waals surface area contributed by atoms with Crippen molar-refractivity contribution in [3.05, 3.63) is 46.2 Å². The summed E-state index contributed by atoms with van der Waals surface area (Å²) >= 11 is 3.50. The van der Waals surface area contributed by atoms with Gasteiger partial charge in [0.1, 0.15) is 12.4 Å². The van der Waals surface area contributed by atoms with Crippen LogP contribution in [0.15, 0.2) is 35.1 Å². The van der Waals surface area contributed by atoms with Crippen molar-refractivity contribution >= 4 is 15.9 Å². The highest BCUT2D eigenvalue weighted by Gasteiger charge is 2.11. The van der Waals surface area contributed by atoms with E-state index in [1.807, 2.05) is 31.6 Å². The van der Waals surface area contributed by atoms with Crippen LogP contribution in [0.25, 0.3) is 0 Å². The second kappa shape index (κ2) is 6.90. The Balaban J connectivity index is 2.14. The number of aromatic nitrogens is 2. The fourth-order valence-corrected chi connectivity index (χ4v) is 2.45. The predicted octanol–water partition coefficient (Wildman–Crippen LogP) is 3.43. The minimum atomic E-state index is 0.261. The van der Waals surface area contributed by atoms with Crippen LogP contribution in [0.5, 0.6) is 5.75 Å². The summed E-state index contributed by atoms with van der Waals surface area (Å²) < 4.78 is 8.76. The molecule has 1 aromatic heterocycles. The lowest BCUT2D eigenvalue weighted by atomic mass is 10.1. The van der Waals surface area contributed by atoms with Gasteiger partial charge < -0.3 is 10.1 Å². The molecule has 108 valence electrons. The average molecular weight is 338 g/mol. The Labute approximate surface area is 128 Å². The Hall–Kier alpha value is -1.33. The summed E-state index contributed by atoms with van der Waals surface area (Å²) in [6.45, 7) is 5.70. The van der Waals surface area contributed by atoms with Gasteiger partial charge in [-0.2, -0.15) is 5.10 Å². The molecule has 2 rings (SSSR count). The second-order valence-electron chi connectivity index (χ2n) is 4.77. The Morgan fingerprint density at radius 1 is 1.45 bits per heavy atom. The van der Waals surface area contributed by atoms with E-state index < -0.39 is 0 Å². The Morgan fingerprint density at radius 3 is 2.90 bits per heavy atom. The lowest BCUT2D eigenvalue weighted by Gasteiger charge is -2.17. The van der Waals surface area contributed by atoms with E-state index >= 15 is 0 Å². The van der Waals surface area contributed by atoms with Gasteiger partial charge in [-0.15, -0.1) is 0 Å². The van der Waals surface area contributed by atoms with Crippen molar-refractivity contribution in [3.8, 4) is 5.75 Å². The molecule has 0 aliphatic rings. The van der Waals surface area contributed by atoms with Gasteiger partial charge in [0.05, 0.1) is 6.20 Å². The number of hydrogen-bond acceptors (Lipinski definition) is 3. The fourth-order valence-electron chi connectivity index (χ4n) is 2.11. The summed E-state index contributed by atoms with van der Waals surface area (Å²) in [6, 6.07) is 6.41. The minimum Gasteiger partial charge on any atom is -0.488 e. The summed E-state index contributed by atoms with van der Waals surface area (Å²) in [5, 5.41) is 7.56. The molecule has 0 bridgehead atoms. The molecular formula is C15H20BrN3O. The first kappa shape index (κ1) is 15.1. The van der Waals surface area contributed by atoms with E-state index in [9.17, 15) is 0 Å². The van der Waals surface area contributed by atoms with E-state index in [4.69, 9.17) is 4.74 Å². The molecule has 0 saturated heterocycles. The normalized spacial score (nSPS) is 12.4. The number of nitrogens with zero attached hydrogens (tertiary/aromatic N) is 2. The first-order valence-corrected chi connectivity index (χ1v) is 7.52. The SMILES string of the molecule is CCNC(C)c1ccc(Br)cc1OCc1cnn(C)c1. The number of hydrogen-bond donors (Lipinski definition) is 1. The number of nitrogens with one attached hydrogen (secondary N) is 1. The fraction of sp³-hybridized carbons (Fsp3) is 0.400. The van der Waals surface area contributed by atoms with Gasteiger partial charge in [0.25, 0.3) is 0 Å². The van der Waals surface area contributed by atoms with Crippen molar-refractivity contribution in [2.24, 2.45) is 7.05 Å². The lowest BCUT2D eigenvalue weighted by Crippen LogP contribution is -2.18. The third kappa shape index (κ3) is 3.84. The zero-order chi connectivity index (χ0) is 14.5. The molecule has 5 heteroatoms. The summed E-state index contributed by atoms with van der Waals surface area (Å²) in [6.07, 6.45) is 3.79. The molecule has 0 saturated carbocycles. The van der Waals surface area contributed by atoms with Gasteiger partial charge in [0.15, 0.2) is 0 Å². The van der Waals surface area contributed by atoms with Crippen LogP contribution < -0.4 is 10.1 Å². The molecule has 0 radical (unpaired) electrons. The van der Waals surface area contributed by atoms with Crippen molar-refractivity contribution < 1.29 is 4.74 Å². The van der Waals surface area contributed by atoms with E-state index in [0.717, 1.165) is 22.3 Å². The molecule has 0 aliphatic heterocycles. The summed E-state index contributed by atoms with van der Waals surface area (Å²) in [5.41, 5.74) is 2.23. The zero-order valence-electron chi connectivity index (χ0n) is 12.1. The van der Waals surface area contributed by atoms with Crippen LogP contribution in [0.4, 0.5) is 0 Å². The third-order valence-electron chi connectivity index (χ3n) is 3.11. The van der Waals surface area contributed by atoms with Gasteiger partial charge in [-0.05, 0) is 25.6 Å². The molecule has 1 unspecified atom stereocenters. The van der Waals surface area contributed by atoms with Crippen molar-refractivity contribution in [3.63, 3.8) is 0 Å². The maximum Gasteiger partial charge on any atom is 0.125 e. The van der Waals surface area contributed by atoms with Crippen LogP contribution >= 0.6 is 15.9 Å². The molecule has 1 heterocycles. The molecular weight excluding hydrogens is 318 g/mol. The number of aryl methyl sites for hydroxylation is 1. The van der Waals surface area contributed by atoms with Crippen LogP contribution in [0.3, 0.4) is 0 Å². The van der Waals surface area contributed by atoms with Gasteiger partial charge in [0, 0.05) is 34.9 Å². The Morgan fingerprint density at radius 2 is 2.25 bits per heavy atom. The molecule has 1 atom stereocenters. The van der Waals surface area contributed by atoms with Crippen LogP contribution in [-0.4, -0.2) is 16.3 Å². The first-order valence-electron chi connectivity index (χ1n) is 6.73. The van der Waals surface area contributed by atoms with E-state index in [-0.39, 0.29) is 6.04 Å². The number of halogens is 1. The van der Waals surface area contributed by atoms with E-state index in [2.05, 4.69) is 46.3 Å². The third-order valence-corrected chi connectivity index (χ3v) is 3.60. The van der Waals surface area contributed by atoms with Crippen molar-refractivity contribution in [2.75, 3.05) is 6.54 Å². The molecule has 1 aromatic carbocycles. The van der Waals surface area contributed by atoms with Crippen LogP contribution in [0.1, 0.15) is 31.0 Å². The standard InChI is InChI=1S/C15H20BrN3O/c1-4-17-11(2)14-6-5-13(16)7-15(14)20-10-12-8-18-19(3)9-12/h5-9,11,17H,4,10H2,1-3H3. The Kier molecular flexibility index (Phi) is 5.20. The van der Waals surface area contributed by atoms with Crippen molar-refractivity contribution in [1.82, 2.24) is 15.1 Å². The second-order valence-corrected chi connectivity index (χ2v) is 5.69. The number of ether oxygens (including phenoxy) is 1. The lowest BCUT2D eigenvalue weighted by molar-refractivity contribution is 0.299. The van der Waals surface area contributed by atoms with E-state index in [1.165, 1.54) is 5.56 Å². The summed E-state index contributed by atoms with van der Waals surface area (Å²) in [4.78, 5) is 0. The van der Waals surface area contributed by atoms with Crippen molar-refractivity contribution in [2.45, 2.75) is 26.5 Å². The molecule has 4 nitrogen and oxygen atoms in total. The zero-order valence-corrected chi connectivity index (χ0v) is 13.6. The van der Waals surface area contributed by atoms with Gasteiger partial charge in [-0.1, -0.05) is 28.9 Å². The quantitative estimate of drug-likeness (QED) is 0.877. The molecule has 0 fully saturated rings. The topological polar surface area (TPSA) is 39.1 Å². The molecule has 0 aliphatic carbocycles. The van der Waals surface area contributed by atoms with Crippen LogP contribution in [0.2, 0.25) is 0 Å². The number of benzene rings is 1. The van der Waals surface area contributed by atoms with Crippen LogP contribution in [0, 0.1) is 0 Å². The molecule has 2 aromatic rings. The van der Waals surface area contributed by atoms with E-state index in [0.29, 0.717) is 6.61 Å². The summed E-state index contributed by atoms with van der Waals surface area (Å²) in [7, 11) is 1.90. The van der Waals surface area contributed by atoms with Crippen LogP contribution in [-0.2, 0) is 13.7 Å². The maximum absolute atomic E-state index is 5.96. The molecule has 1 N–H and O–H groups in total. The largest absolute Gasteiger partial charge is 0.488 e. The van der Waals surface area contributed by atoms with Gasteiger partial charge in [0.2, 0.25) is 0 Å². The first-order chi connectivity index (χ1) is 9.60. The smallest absolute Gasteiger partial charge is 0.125 e. The Bertz CT molecular complexity index is 568. The minimum absolute atomic E-state index is 0.261. The molecule has 20 heavy (non-hydrogen) atoms. The highest BCUT2D eigenvalue weighted by Crippen LogP contribution is 2.29. The maximum atomic E-state index is 5.96. The highest BCUT2D eigenvalue weighted by atomic mass is 79.9.